The molecular weight excluding hydrogens is 244 g/mol. The second-order valence-corrected chi connectivity index (χ2v) is 5.48. The molecule has 0 aliphatic carbocycles. The zero-order valence-electron chi connectivity index (χ0n) is 10.9. The molecule has 0 saturated heterocycles. The van der Waals surface area contributed by atoms with Crippen molar-refractivity contribution < 1.29 is 0 Å². The first-order valence-electron chi connectivity index (χ1n) is 6.68. The molecule has 2 rings (SSSR count). The van der Waals surface area contributed by atoms with Crippen LogP contribution >= 0.6 is 11.8 Å². The summed E-state index contributed by atoms with van der Waals surface area (Å²) in [4.78, 5) is 15.7. The van der Waals surface area contributed by atoms with Gasteiger partial charge in [-0.15, -0.1) is 11.8 Å². The standard InChI is InChI=1S/C13H20N4S/c1-2-3-4-5-6-7-8-18-13-11-12(15-9-14-11)16-10-17-13/h9-10H,2-8H2,1H3,(H,14,15,16,17). The number of fused-ring (bicyclic) bond motifs is 1. The smallest absolute Gasteiger partial charge is 0.181 e. The number of imidazole rings is 1. The number of nitrogens with one attached hydrogen (secondary N) is 1. The Kier molecular flexibility index (Phi) is 5.45. The number of thioether (sulfide) groups is 1. The van der Waals surface area contributed by atoms with E-state index < -0.39 is 0 Å². The molecule has 1 N–H and O–H groups in total. The third-order valence-electron chi connectivity index (χ3n) is 2.92. The molecule has 0 aliphatic heterocycles. The van der Waals surface area contributed by atoms with Crippen molar-refractivity contribution in [3.63, 3.8) is 0 Å². The quantitative estimate of drug-likeness (QED) is 0.447. The number of unbranched alkanes of at least 4 members (excludes halogenated alkanes) is 5. The molecule has 0 atom stereocenters. The van der Waals surface area contributed by atoms with Crippen LogP contribution in [0.2, 0.25) is 0 Å². The summed E-state index contributed by atoms with van der Waals surface area (Å²) in [5.41, 5.74) is 1.73. The van der Waals surface area contributed by atoms with E-state index >= 15 is 0 Å². The van der Waals surface area contributed by atoms with Crippen LogP contribution in [0, 0.1) is 0 Å². The lowest BCUT2D eigenvalue weighted by atomic mass is 10.1. The van der Waals surface area contributed by atoms with Gasteiger partial charge >= 0.3 is 0 Å². The van der Waals surface area contributed by atoms with E-state index in [2.05, 4.69) is 26.9 Å². The maximum atomic E-state index is 4.31. The van der Waals surface area contributed by atoms with Crippen molar-refractivity contribution in [2.45, 2.75) is 50.5 Å². The Morgan fingerprint density at radius 2 is 1.89 bits per heavy atom. The average molecular weight is 264 g/mol. The van der Waals surface area contributed by atoms with Gasteiger partial charge in [-0.1, -0.05) is 39.0 Å². The molecule has 2 aromatic heterocycles. The van der Waals surface area contributed by atoms with Gasteiger partial charge in [0.2, 0.25) is 0 Å². The molecule has 0 amide bonds. The maximum Gasteiger partial charge on any atom is 0.181 e. The molecule has 0 radical (unpaired) electrons. The number of nitrogens with zero attached hydrogens (tertiary/aromatic N) is 3. The minimum Gasteiger partial charge on any atom is -0.341 e. The van der Waals surface area contributed by atoms with E-state index in [9.17, 15) is 0 Å². The van der Waals surface area contributed by atoms with Gasteiger partial charge in [0.25, 0.3) is 0 Å². The minimum atomic E-state index is 0.760. The summed E-state index contributed by atoms with van der Waals surface area (Å²) < 4.78 is 0. The van der Waals surface area contributed by atoms with Gasteiger partial charge in [0.1, 0.15) is 16.9 Å². The van der Waals surface area contributed by atoms with Crippen molar-refractivity contribution in [2.75, 3.05) is 5.75 Å². The van der Waals surface area contributed by atoms with E-state index in [4.69, 9.17) is 0 Å². The number of aromatic nitrogens is 4. The molecule has 0 bridgehead atoms. The van der Waals surface area contributed by atoms with Crippen molar-refractivity contribution in [3.8, 4) is 0 Å². The fraction of sp³-hybridized carbons (Fsp3) is 0.615. The number of hydrogen-bond donors (Lipinski definition) is 1. The average Bonchev–Trinajstić information content (AvgIpc) is 2.86. The molecule has 0 saturated carbocycles. The topological polar surface area (TPSA) is 54.5 Å². The Morgan fingerprint density at radius 1 is 1.06 bits per heavy atom. The van der Waals surface area contributed by atoms with Crippen molar-refractivity contribution in [1.82, 2.24) is 19.9 Å². The van der Waals surface area contributed by atoms with Crippen LogP contribution in [0.4, 0.5) is 0 Å². The highest BCUT2D eigenvalue weighted by Gasteiger charge is 2.05. The number of H-pyrrole nitrogens is 1. The Balaban J connectivity index is 1.72. The SMILES string of the molecule is CCCCCCCCSc1ncnc2nc[nH]c12. The van der Waals surface area contributed by atoms with Crippen LogP contribution in [0.5, 0.6) is 0 Å². The predicted octanol–water partition coefficient (Wildman–Crippen LogP) is 3.81. The highest BCUT2D eigenvalue weighted by Crippen LogP contribution is 2.23. The van der Waals surface area contributed by atoms with Gasteiger partial charge in [0.15, 0.2) is 5.65 Å². The summed E-state index contributed by atoms with van der Waals surface area (Å²) in [5.74, 6) is 1.12. The van der Waals surface area contributed by atoms with Gasteiger partial charge in [-0.25, -0.2) is 15.0 Å². The highest BCUT2D eigenvalue weighted by molar-refractivity contribution is 7.99. The van der Waals surface area contributed by atoms with Crippen LogP contribution in [0.3, 0.4) is 0 Å². The zero-order chi connectivity index (χ0) is 12.6. The highest BCUT2D eigenvalue weighted by atomic mass is 32.2. The fourth-order valence-corrected chi connectivity index (χ4v) is 2.86. The van der Waals surface area contributed by atoms with E-state index in [-0.39, 0.29) is 0 Å². The van der Waals surface area contributed by atoms with Crippen molar-refractivity contribution in [3.05, 3.63) is 12.7 Å². The second kappa shape index (κ2) is 7.36. The lowest BCUT2D eigenvalue weighted by molar-refractivity contribution is 0.627. The number of rotatable bonds is 8. The second-order valence-electron chi connectivity index (χ2n) is 4.40. The summed E-state index contributed by atoms with van der Waals surface area (Å²) in [5, 5.41) is 1.02. The van der Waals surface area contributed by atoms with Crippen LogP contribution in [0.1, 0.15) is 45.4 Å². The molecule has 0 spiro atoms. The van der Waals surface area contributed by atoms with Gasteiger partial charge in [-0.2, -0.15) is 0 Å². The van der Waals surface area contributed by atoms with Gasteiger partial charge in [0.05, 0.1) is 6.33 Å². The summed E-state index contributed by atoms with van der Waals surface area (Å²) in [7, 11) is 0. The van der Waals surface area contributed by atoms with Crippen LogP contribution in [-0.2, 0) is 0 Å². The molecule has 0 fully saturated rings. The summed E-state index contributed by atoms with van der Waals surface area (Å²) in [6.45, 7) is 2.25. The molecule has 0 unspecified atom stereocenters. The zero-order valence-corrected chi connectivity index (χ0v) is 11.7. The Bertz CT molecular complexity index is 469. The van der Waals surface area contributed by atoms with E-state index in [0.29, 0.717) is 0 Å². The molecule has 5 heteroatoms. The fourth-order valence-electron chi connectivity index (χ4n) is 1.90. The van der Waals surface area contributed by atoms with Crippen molar-refractivity contribution in [2.24, 2.45) is 0 Å². The van der Waals surface area contributed by atoms with Gasteiger partial charge < -0.3 is 4.98 Å². The lowest BCUT2D eigenvalue weighted by Gasteiger charge is -2.02. The molecule has 2 aromatic rings. The maximum absolute atomic E-state index is 4.31. The molecule has 98 valence electrons. The first kappa shape index (κ1) is 13.3. The Hall–Kier alpha value is -1.10. The third-order valence-corrected chi connectivity index (χ3v) is 4.00. The van der Waals surface area contributed by atoms with Crippen LogP contribution in [-0.4, -0.2) is 25.7 Å². The van der Waals surface area contributed by atoms with Crippen LogP contribution < -0.4 is 0 Å². The third kappa shape index (κ3) is 3.70. The van der Waals surface area contributed by atoms with Crippen LogP contribution in [0.25, 0.3) is 11.2 Å². The van der Waals surface area contributed by atoms with Crippen LogP contribution in [0.15, 0.2) is 17.7 Å². The first-order valence-corrected chi connectivity index (χ1v) is 7.67. The largest absolute Gasteiger partial charge is 0.341 e. The Morgan fingerprint density at radius 3 is 2.78 bits per heavy atom. The van der Waals surface area contributed by atoms with Gasteiger partial charge in [0, 0.05) is 0 Å². The molecule has 0 aromatic carbocycles. The van der Waals surface area contributed by atoms with E-state index in [1.807, 2.05) is 0 Å². The first-order chi connectivity index (χ1) is 8.92. The normalized spacial score (nSPS) is 11.2. The summed E-state index contributed by atoms with van der Waals surface area (Å²) >= 11 is 1.80. The van der Waals surface area contributed by atoms with Gasteiger partial charge in [-0.3, -0.25) is 0 Å². The van der Waals surface area contributed by atoms with E-state index in [0.717, 1.165) is 21.9 Å². The summed E-state index contributed by atoms with van der Waals surface area (Å²) in [6, 6.07) is 0. The van der Waals surface area contributed by atoms with E-state index in [1.165, 1.54) is 38.5 Å². The lowest BCUT2D eigenvalue weighted by Crippen LogP contribution is -1.88. The number of aromatic amines is 1. The molecule has 4 nitrogen and oxygen atoms in total. The Labute approximate surface area is 112 Å². The van der Waals surface area contributed by atoms with E-state index in [1.54, 1.807) is 24.4 Å². The number of hydrogen-bond acceptors (Lipinski definition) is 4. The molecule has 0 aliphatic rings. The summed E-state index contributed by atoms with van der Waals surface area (Å²) in [6.07, 6.45) is 11.3. The van der Waals surface area contributed by atoms with Crippen molar-refractivity contribution in [1.29, 1.82) is 0 Å². The molecular formula is C13H20N4S. The minimum absolute atomic E-state index is 0.760. The van der Waals surface area contributed by atoms with Gasteiger partial charge in [-0.05, 0) is 12.2 Å². The monoisotopic (exact) mass is 264 g/mol. The molecule has 18 heavy (non-hydrogen) atoms. The predicted molar refractivity (Wildman–Crippen MR) is 75.8 cm³/mol. The molecule has 2 heterocycles. The van der Waals surface area contributed by atoms with Crippen molar-refractivity contribution >= 4 is 22.9 Å².